The lowest BCUT2D eigenvalue weighted by molar-refractivity contribution is -0.139. The third-order valence-corrected chi connectivity index (χ3v) is 3.67. The quantitative estimate of drug-likeness (QED) is 0.840. The molecule has 1 N–H and O–H groups in total. The van der Waals surface area contributed by atoms with E-state index in [0.717, 1.165) is 18.2 Å². The number of alkyl halides is 4. The maximum Gasteiger partial charge on any atom is 0.416 e. The van der Waals surface area contributed by atoms with Crippen LogP contribution in [0.4, 0.5) is 22.0 Å². The van der Waals surface area contributed by atoms with Crippen molar-refractivity contribution in [1.82, 2.24) is 10.2 Å². The van der Waals surface area contributed by atoms with Gasteiger partial charge in [0.2, 0.25) is 0 Å². The van der Waals surface area contributed by atoms with Crippen molar-refractivity contribution in [3.8, 4) is 0 Å². The second-order valence-electron chi connectivity index (χ2n) is 4.98. The summed E-state index contributed by atoms with van der Waals surface area (Å²) in [5.74, 6) is -0.929. The Morgan fingerprint density at radius 2 is 1.82 bits per heavy atom. The van der Waals surface area contributed by atoms with Crippen LogP contribution in [-0.4, -0.2) is 37.8 Å². The Morgan fingerprint density at radius 1 is 1.18 bits per heavy atom. The van der Waals surface area contributed by atoms with Crippen LogP contribution >= 0.6 is 12.4 Å². The van der Waals surface area contributed by atoms with E-state index in [-0.39, 0.29) is 18.8 Å². The fraction of sp³-hybridized carbons (Fsp3) is 0.571. The van der Waals surface area contributed by atoms with E-state index in [0.29, 0.717) is 26.2 Å². The molecule has 126 valence electrons. The van der Waals surface area contributed by atoms with Gasteiger partial charge in [-0.3, -0.25) is 9.29 Å². The first-order chi connectivity index (χ1) is 9.95. The molecule has 0 saturated carbocycles. The summed E-state index contributed by atoms with van der Waals surface area (Å²) >= 11 is 0. The van der Waals surface area contributed by atoms with Crippen LogP contribution in [0.25, 0.3) is 0 Å². The zero-order valence-electron chi connectivity index (χ0n) is 11.8. The number of hydrogen-bond donors (Lipinski definition) is 1. The second-order valence-corrected chi connectivity index (χ2v) is 4.98. The van der Waals surface area contributed by atoms with Crippen LogP contribution in [0.2, 0.25) is 0 Å². The van der Waals surface area contributed by atoms with Gasteiger partial charge >= 0.3 is 6.18 Å². The van der Waals surface area contributed by atoms with Crippen LogP contribution in [0, 0.1) is 5.82 Å². The topological polar surface area (TPSA) is 15.3 Å². The summed E-state index contributed by atoms with van der Waals surface area (Å²) in [7, 11) is 0. The number of halogens is 6. The van der Waals surface area contributed by atoms with Gasteiger partial charge in [0.05, 0.1) is 12.2 Å². The van der Waals surface area contributed by atoms with Gasteiger partial charge in [-0.25, -0.2) is 4.39 Å². The van der Waals surface area contributed by atoms with Gasteiger partial charge in [-0.2, -0.15) is 13.2 Å². The molecule has 0 unspecified atom stereocenters. The van der Waals surface area contributed by atoms with E-state index in [9.17, 15) is 22.0 Å². The monoisotopic (exact) mass is 344 g/mol. The number of hydrogen-bond acceptors (Lipinski definition) is 2. The van der Waals surface area contributed by atoms with E-state index in [1.54, 1.807) is 4.90 Å². The summed E-state index contributed by atoms with van der Waals surface area (Å²) in [6, 6.07) is 1.99. The Morgan fingerprint density at radius 3 is 2.36 bits per heavy atom. The second kappa shape index (κ2) is 8.08. The summed E-state index contributed by atoms with van der Waals surface area (Å²) in [6.45, 7) is 1.34. The smallest absolute Gasteiger partial charge is 0.314 e. The molecule has 1 heterocycles. The highest BCUT2D eigenvalue weighted by Crippen LogP contribution is 2.39. The fourth-order valence-corrected chi connectivity index (χ4v) is 2.73. The van der Waals surface area contributed by atoms with Gasteiger partial charge in [-0.1, -0.05) is 6.07 Å². The van der Waals surface area contributed by atoms with Crippen LogP contribution in [0.1, 0.15) is 23.6 Å². The zero-order valence-corrected chi connectivity index (χ0v) is 12.6. The Labute approximate surface area is 132 Å². The lowest BCUT2D eigenvalue weighted by Crippen LogP contribution is -2.45. The highest BCUT2D eigenvalue weighted by Gasteiger charge is 2.38. The van der Waals surface area contributed by atoms with Gasteiger partial charge in [-0.15, -0.1) is 12.4 Å². The predicted molar refractivity (Wildman–Crippen MR) is 76.4 cm³/mol. The van der Waals surface area contributed by atoms with Crippen LogP contribution in [0.3, 0.4) is 0 Å². The summed E-state index contributed by atoms with van der Waals surface area (Å²) < 4.78 is 66.2. The lowest BCUT2D eigenvalue weighted by Gasteiger charge is -2.36. The molecule has 0 aliphatic carbocycles. The van der Waals surface area contributed by atoms with Gasteiger partial charge in [0.1, 0.15) is 5.82 Å². The number of piperazine rings is 1. The molecule has 1 aromatic carbocycles. The number of rotatable bonds is 4. The van der Waals surface area contributed by atoms with Crippen molar-refractivity contribution in [2.75, 3.05) is 32.9 Å². The van der Waals surface area contributed by atoms with Crippen LogP contribution in [-0.2, 0) is 6.18 Å². The molecule has 8 heteroatoms. The van der Waals surface area contributed by atoms with Crippen molar-refractivity contribution in [3.63, 3.8) is 0 Å². The van der Waals surface area contributed by atoms with Crippen LogP contribution in [0.15, 0.2) is 18.2 Å². The van der Waals surface area contributed by atoms with Crippen molar-refractivity contribution >= 4 is 12.4 Å². The van der Waals surface area contributed by atoms with Gasteiger partial charge in [0, 0.05) is 37.8 Å². The summed E-state index contributed by atoms with van der Waals surface area (Å²) in [5, 5.41) is 3.07. The van der Waals surface area contributed by atoms with E-state index in [4.69, 9.17) is 0 Å². The van der Waals surface area contributed by atoms with E-state index in [2.05, 4.69) is 5.32 Å². The molecule has 2 nitrogen and oxygen atoms in total. The normalized spacial score (nSPS) is 17.9. The molecule has 1 fully saturated rings. The van der Waals surface area contributed by atoms with Crippen LogP contribution < -0.4 is 5.32 Å². The minimum atomic E-state index is -4.65. The Balaban J connectivity index is 0.00000242. The average Bonchev–Trinajstić information content (AvgIpc) is 2.45. The largest absolute Gasteiger partial charge is 0.416 e. The number of benzene rings is 1. The first-order valence-corrected chi connectivity index (χ1v) is 6.81. The van der Waals surface area contributed by atoms with Crippen molar-refractivity contribution in [1.29, 1.82) is 0 Å². The maximum atomic E-state index is 14.0. The maximum absolute atomic E-state index is 14.0. The minimum Gasteiger partial charge on any atom is -0.314 e. The Kier molecular flexibility index (Phi) is 7.02. The summed E-state index contributed by atoms with van der Waals surface area (Å²) in [5.41, 5.74) is -1.45. The Bertz CT molecular complexity index is 475. The summed E-state index contributed by atoms with van der Waals surface area (Å²) in [4.78, 5) is 1.71. The fourth-order valence-electron chi connectivity index (χ4n) is 2.73. The highest BCUT2D eigenvalue weighted by molar-refractivity contribution is 5.85. The Hall–Kier alpha value is -0.920. The average molecular weight is 345 g/mol. The molecule has 0 radical (unpaired) electrons. The van der Waals surface area contributed by atoms with Crippen LogP contribution in [0.5, 0.6) is 0 Å². The molecule has 1 atom stereocenters. The van der Waals surface area contributed by atoms with Gasteiger partial charge in [-0.05, 0) is 18.6 Å². The molecule has 0 aromatic heterocycles. The van der Waals surface area contributed by atoms with Gasteiger partial charge in [0.15, 0.2) is 0 Å². The van der Waals surface area contributed by atoms with E-state index in [1.807, 2.05) is 0 Å². The first-order valence-electron chi connectivity index (χ1n) is 6.81. The van der Waals surface area contributed by atoms with Crippen molar-refractivity contribution in [2.24, 2.45) is 0 Å². The third-order valence-electron chi connectivity index (χ3n) is 3.67. The molecule has 1 aliphatic heterocycles. The predicted octanol–water partition coefficient (Wildman–Crippen LogP) is 3.57. The van der Waals surface area contributed by atoms with Crippen molar-refractivity contribution < 1.29 is 22.0 Å². The SMILES string of the molecule is Cl.FCC[C@@H](c1c(F)cccc1C(F)(F)F)N1CCNCC1. The lowest BCUT2D eigenvalue weighted by atomic mass is 9.95. The molecule has 1 saturated heterocycles. The van der Waals surface area contributed by atoms with Gasteiger partial charge in [0.25, 0.3) is 0 Å². The summed E-state index contributed by atoms with van der Waals surface area (Å²) in [6.07, 6.45) is -4.80. The molecule has 1 aliphatic rings. The third kappa shape index (κ3) is 4.30. The number of nitrogens with zero attached hydrogens (tertiary/aromatic N) is 1. The molecule has 0 bridgehead atoms. The van der Waals surface area contributed by atoms with Crippen molar-refractivity contribution in [2.45, 2.75) is 18.6 Å². The van der Waals surface area contributed by atoms with E-state index >= 15 is 0 Å². The standard InChI is InChI=1S/C14H17F5N2.ClH/c15-5-4-12(21-8-6-20-7-9-21)13-10(14(17,18)19)2-1-3-11(13)16;/h1-3,12,20H,4-9H2;1H/t12-;/m0./s1. The van der Waals surface area contributed by atoms with E-state index in [1.165, 1.54) is 0 Å². The molecule has 22 heavy (non-hydrogen) atoms. The molecule has 1 aromatic rings. The molecule has 0 spiro atoms. The van der Waals surface area contributed by atoms with Crippen molar-refractivity contribution in [3.05, 3.63) is 35.1 Å². The zero-order chi connectivity index (χ0) is 15.5. The highest BCUT2D eigenvalue weighted by atomic mass is 35.5. The molecular formula is C14H18ClF5N2. The van der Waals surface area contributed by atoms with Gasteiger partial charge < -0.3 is 5.32 Å². The first kappa shape index (κ1) is 19.1. The minimum absolute atomic E-state index is 0. The van der Waals surface area contributed by atoms with E-state index < -0.39 is 35.8 Å². The molecule has 2 rings (SSSR count). The molecular weight excluding hydrogens is 327 g/mol. The number of nitrogens with one attached hydrogen (secondary N) is 1. The molecule has 0 amide bonds.